The van der Waals surface area contributed by atoms with Gasteiger partial charge in [0.2, 0.25) is 0 Å². The molecule has 30 heavy (non-hydrogen) atoms. The van der Waals surface area contributed by atoms with Crippen molar-refractivity contribution in [1.29, 1.82) is 0 Å². The van der Waals surface area contributed by atoms with Gasteiger partial charge in [-0.3, -0.25) is 9.63 Å². The molecule has 0 unspecified atom stereocenters. The normalized spacial score (nSPS) is 10.8. The number of hydroxylamine groups is 1. The summed E-state index contributed by atoms with van der Waals surface area (Å²) in [6.07, 6.45) is 2.20. The van der Waals surface area contributed by atoms with Gasteiger partial charge in [0.15, 0.2) is 11.6 Å². The standard InChI is InChI=1S/C20H20F3N3O4/c1-3-7-30-26-20(28)14-10-13(11-24-29-8-6-27)17(22)18(23)19(14)25-16-5-4-12(2)9-15(16)21/h3-5,9-11,25,27H,1,6-8H2,2H3,(H,26,28)/b24-11+. The van der Waals surface area contributed by atoms with Crippen LogP contribution in [0.1, 0.15) is 21.5 Å². The van der Waals surface area contributed by atoms with E-state index in [1.807, 2.05) is 0 Å². The van der Waals surface area contributed by atoms with Gasteiger partial charge in [0.25, 0.3) is 5.91 Å². The molecule has 1 amide bonds. The Labute approximate surface area is 170 Å². The van der Waals surface area contributed by atoms with Gasteiger partial charge in [0.05, 0.1) is 36.4 Å². The maximum atomic E-state index is 14.8. The summed E-state index contributed by atoms with van der Waals surface area (Å²) >= 11 is 0. The third-order valence-electron chi connectivity index (χ3n) is 3.68. The highest BCUT2D eigenvalue weighted by Gasteiger charge is 2.23. The molecule has 0 bridgehead atoms. The molecular weight excluding hydrogens is 403 g/mol. The number of nitrogens with one attached hydrogen (secondary N) is 2. The molecule has 0 aliphatic rings. The van der Waals surface area contributed by atoms with Crippen LogP contribution in [0.3, 0.4) is 0 Å². The second-order valence-corrected chi connectivity index (χ2v) is 5.95. The first kappa shape index (κ1) is 22.9. The average molecular weight is 423 g/mol. The van der Waals surface area contributed by atoms with Crippen LogP contribution >= 0.6 is 0 Å². The van der Waals surface area contributed by atoms with Crippen LogP contribution in [0.5, 0.6) is 0 Å². The Bertz CT molecular complexity index is 951. The molecule has 0 atom stereocenters. The monoisotopic (exact) mass is 423 g/mol. The predicted octanol–water partition coefficient (Wildman–Crippen LogP) is 3.35. The molecule has 10 heteroatoms. The van der Waals surface area contributed by atoms with Gasteiger partial charge in [0.1, 0.15) is 12.4 Å². The van der Waals surface area contributed by atoms with Gasteiger partial charge < -0.3 is 15.3 Å². The van der Waals surface area contributed by atoms with E-state index < -0.39 is 34.6 Å². The molecule has 0 heterocycles. The summed E-state index contributed by atoms with van der Waals surface area (Å²) in [7, 11) is 0. The number of carbonyl (C=O) groups excluding carboxylic acids is 1. The molecule has 0 saturated carbocycles. The quantitative estimate of drug-likeness (QED) is 0.236. The number of hydrogen-bond acceptors (Lipinski definition) is 6. The summed E-state index contributed by atoms with van der Waals surface area (Å²) in [5.41, 5.74) is 1.14. The highest BCUT2D eigenvalue weighted by Crippen LogP contribution is 2.30. The van der Waals surface area contributed by atoms with E-state index in [2.05, 4.69) is 27.4 Å². The van der Waals surface area contributed by atoms with Crippen molar-refractivity contribution >= 4 is 23.5 Å². The number of amides is 1. The third kappa shape index (κ3) is 5.82. The Morgan fingerprint density at radius 2 is 2.03 bits per heavy atom. The maximum absolute atomic E-state index is 14.8. The van der Waals surface area contributed by atoms with Gasteiger partial charge in [0, 0.05) is 5.56 Å². The second-order valence-electron chi connectivity index (χ2n) is 5.95. The summed E-state index contributed by atoms with van der Waals surface area (Å²) in [4.78, 5) is 21.9. The van der Waals surface area contributed by atoms with E-state index in [4.69, 9.17) is 9.94 Å². The predicted molar refractivity (Wildman–Crippen MR) is 105 cm³/mol. The van der Waals surface area contributed by atoms with Crippen molar-refractivity contribution < 1.29 is 32.7 Å². The number of aryl methyl sites for hydroxylation is 1. The Morgan fingerprint density at radius 3 is 2.70 bits per heavy atom. The molecule has 0 spiro atoms. The molecule has 2 aromatic rings. The van der Waals surface area contributed by atoms with E-state index in [1.54, 1.807) is 13.0 Å². The Balaban J connectivity index is 2.48. The lowest BCUT2D eigenvalue weighted by Crippen LogP contribution is -2.25. The number of hydrogen-bond donors (Lipinski definition) is 3. The number of aliphatic hydroxyl groups is 1. The lowest BCUT2D eigenvalue weighted by atomic mass is 10.1. The molecule has 0 aliphatic heterocycles. The first-order valence-electron chi connectivity index (χ1n) is 8.73. The number of rotatable bonds is 10. The van der Waals surface area contributed by atoms with Gasteiger partial charge in [-0.15, -0.1) is 6.58 Å². The van der Waals surface area contributed by atoms with Crippen LogP contribution < -0.4 is 10.8 Å². The van der Waals surface area contributed by atoms with E-state index in [0.29, 0.717) is 5.56 Å². The SMILES string of the molecule is C=CCONC(=O)c1cc(/C=N/OCCO)c(F)c(F)c1Nc1ccc(C)cc1F. The van der Waals surface area contributed by atoms with Crippen molar-refractivity contribution in [2.45, 2.75) is 6.92 Å². The van der Waals surface area contributed by atoms with Crippen molar-refractivity contribution in [3.8, 4) is 0 Å². The molecule has 2 rings (SSSR count). The van der Waals surface area contributed by atoms with Crippen molar-refractivity contribution in [2.24, 2.45) is 5.16 Å². The summed E-state index contributed by atoms with van der Waals surface area (Å²) in [6.45, 7) is 4.57. The largest absolute Gasteiger partial charge is 0.393 e. The van der Waals surface area contributed by atoms with E-state index in [9.17, 15) is 18.0 Å². The summed E-state index contributed by atoms with van der Waals surface area (Å²) < 4.78 is 43.5. The minimum absolute atomic E-state index is 0.0336. The molecule has 3 N–H and O–H groups in total. The van der Waals surface area contributed by atoms with Crippen LogP contribution in [-0.4, -0.2) is 37.0 Å². The zero-order valence-corrected chi connectivity index (χ0v) is 16.0. The van der Waals surface area contributed by atoms with Crippen LogP contribution in [0, 0.1) is 24.4 Å². The maximum Gasteiger partial charge on any atom is 0.277 e. The van der Waals surface area contributed by atoms with Crippen molar-refractivity contribution in [3.63, 3.8) is 0 Å². The van der Waals surface area contributed by atoms with Gasteiger partial charge in [-0.05, 0) is 30.7 Å². The fourth-order valence-corrected chi connectivity index (χ4v) is 2.31. The van der Waals surface area contributed by atoms with Crippen molar-refractivity contribution in [2.75, 3.05) is 25.1 Å². The van der Waals surface area contributed by atoms with Crippen LogP contribution in [-0.2, 0) is 9.68 Å². The van der Waals surface area contributed by atoms with Gasteiger partial charge in [-0.1, -0.05) is 17.3 Å². The highest BCUT2D eigenvalue weighted by atomic mass is 19.2. The van der Waals surface area contributed by atoms with Crippen LogP contribution in [0.4, 0.5) is 24.5 Å². The summed E-state index contributed by atoms with van der Waals surface area (Å²) in [6, 6.07) is 5.08. The number of benzene rings is 2. The van der Waals surface area contributed by atoms with E-state index in [1.165, 1.54) is 18.2 Å². The molecule has 0 aromatic heterocycles. The Morgan fingerprint density at radius 1 is 1.27 bits per heavy atom. The average Bonchev–Trinajstić information content (AvgIpc) is 2.72. The first-order valence-corrected chi connectivity index (χ1v) is 8.73. The van der Waals surface area contributed by atoms with Crippen LogP contribution in [0.15, 0.2) is 42.1 Å². The molecule has 0 saturated heterocycles. The molecule has 2 aromatic carbocycles. The van der Waals surface area contributed by atoms with Crippen LogP contribution in [0.2, 0.25) is 0 Å². The van der Waals surface area contributed by atoms with Gasteiger partial charge in [-0.25, -0.2) is 18.7 Å². The zero-order valence-electron chi connectivity index (χ0n) is 16.0. The van der Waals surface area contributed by atoms with E-state index in [-0.39, 0.29) is 31.1 Å². The number of anilines is 2. The zero-order chi connectivity index (χ0) is 22.1. The topological polar surface area (TPSA) is 92.2 Å². The molecule has 160 valence electrons. The smallest absolute Gasteiger partial charge is 0.277 e. The lowest BCUT2D eigenvalue weighted by molar-refractivity contribution is 0.0422. The number of carbonyl (C=O) groups is 1. The fourth-order valence-electron chi connectivity index (χ4n) is 2.31. The number of oxime groups is 1. The lowest BCUT2D eigenvalue weighted by Gasteiger charge is -2.15. The second kappa shape index (κ2) is 11.0. The molecule has 0 radical (unpaired) electrons. The minimum atomic E-state index is -1.44. The number of aliphatic hydroxyl groups excluding tert-OH is 1. The highest BCUT2D eigenvalue weighted by molar-refractivity contribution is 6.01. The van der Waals surface area contributed by atoms with Crippen molar-refractivity contribution in [1.82, 2.24) is 5.48 Å². The number of nitrogens with zero attached hydrogens (tertiary/aromatic N) is 1. The van der Waals surface area contributed by atoms with Crippen LogP contribution in [0.25, 0.3) is 0 Å². The molecular formula is C20H20F3N3O4. The van der Waals surface area contributed by atoms with Gasteiger partial charge in [-0.2, -0.15) is 0 Å². The molecule has 7 nitrogen and oxygen atoms in total. The fraction of sp³-hybridized carbons (Fsp3) is 0.200. The minimum Gasteiger partial charge on any atom is -0.393 e. The summed E-state index contributed by atoms with van der Waals surface area (Å²) in [5, 5.41) is 14.5. The van der Waals surface area contributed by atoms with Gasteiger partial charge >= 0.3 is 0 Å². The Kier molecular flexibility index (Phi) is 8.39. The molecule has 0 fully saturated rings. The number of halogens is 3. The third-order valence-corrected chi connectivity index (χ3v) is 3.68. The Hall–Kier alpha value is -3.37. The first-order chi connectivity index (χ1) is 14.4. The van der Waals surface area contributed by atoms with E-state index >= 15 is 0 Å². The molecule has 0 aliphatic carbocycles. The summed E-state index contributed by atoms with van der Waals surface area (Å²) in [5.74, 6) is -4.41. The van der Waals surface area contributed by atoms with E-state index in [0.717, 1.165) is 12.3 Å². The van der Waals surface area contributed by atoms with Crippen molar-refractivity contribution in [3.05, 3.63) is 71.1 Å².